The summed E-state index contributed by atoms with van der Waals surface area (Å²) < 4.78 is 0. The van der Waals surface area contributed by atoms with Crippen LogP contribution in [-0.2, 0) is 6.42 Å². The monoisotopic (exact) mass is 1160 g/mol. The van der Waals surface area contributed by atoms with Gasteiger partial charge in [-0.1, -0.05) is 452 Å². The molecule has 1 aliphatic carbocycles. The van der Waals surface area contributed by atoms with E-state index < -0.39 is 0 Å². The van der Waals surface area contributed by atoms with Gasteiger partial charge in [0, 0.05) is 0 Å². The molecule has 0 fully saturated rings. The zero-order chi connectivity index (χ0) is 67.4. The van der Waals surface area contributed by atoms with Gasteiger partial charge in [0.25, 0.3) is 0 Å². The fraction of sp³-hybridized carbons (Fsp3) is 0.435. The van der Waals surface area contributed by atoms with E-state index in [0.29, 0.717) is 21.7 Å². The standard InChI is InChI=1S/C18H14.C13H10.C12H10.C6H6.4C5H12.8C2H6/c1-3-7-15(8-4-1)17-11-13-18(14-12-17)16-9-5-2-6-10-16;1-3-7-12-10(5-1)9-11-6-2-4-8-13(11)12;1-3-7-11(8-4-1)12-9-5-2-6-10-12;1-2-4-6-5-3-1;4*1-5(2,3)4;8*1-2/h1-14H;1-8H,9H2;1-10H;1-6H;4*1-4H3;8*1-2H3. The molecule has 0 bridgehead atoms. The summed E-state index contributed by atoms with van der Waals surface area (Å²) in [6.45, 7) is 67.0. The van der Waals surface area contributed by atoms with Gasteiger partial charge in [0.1, 0.15) is 0 Å². The molecular weight excluding hydrogens is 1020 g/mol. The minimum Gasteiger partial charge on any atom is -0.0683 e. The molecule has 476 valence electrons. The van der Waals surface area contributed by atoms with Crippen LogP contribution in [0, 0.1) is 21.7 Å². The summed E-state index contributed by atoms with van der Waals surface area (Å²) in [7, 11) is 0. The Labute approximate surface area is 532 Å². The van der Waals surface area contributed by atoms with E-state index in [1.807, 2.05) is 171 Å². The van der Waals surface area contributed by atoms with E-state index in [-0.39, 0.29) is 0 Å². The number of hydrogen-bond acceptors (Lipinski definition) is 0. The first kappa shape index (κ1) is 92.5. The van der Waals surface area contributed by atoms with Crippen LogP contribution in [0.5, 0.6) is 0 Å². The van der Waals surface area contributed by atoms with Crippen molar-refractivity contribution in [2.45, 2.75) is 228 Å². The van der Waals surface area contributed by atoms with Crippen LogP contribution in [0.3, 0.4) is 0 Å². The molecule has 8 aromatic rings. The van der Waals surface area contributed by atoms with Crippen molar-refractivity contribution < 1.29 is 0 Å². The lowest BCUT2D eigenvalue weighted by Crippen LogP contribution is -1.93. The van der Waals surface area contributed by atoms with Crippen molar-refractivity contribution in [3.63, 3.8) is 0 Å². The number of rotatable bonds is 3. The SMILES string of the molecule is CC.CC.CC.CC.CC.CC.CC.CC.CC(C)(C)C.CC(C)(C)C.CC(C)(C)C.CC(C)(C)C.c1ccc(-c2ccc(-c3ccccc3)cc2)cc1.c1ccc(-c2ccccc2)cc1.c1ccc2c(c1)Cc1ccccc1-2.c1ccccc1. The smallest absolute Gasteiger partial charge is 0.00135 e. The normalized spacial score (nSPS) is 9.36. The second-order valence-electron chi connectivity index (χ2n) is 23.7. The summed E-state index contributed by atoms with van der Waals surface area (Å²) in [6, 6.07) is 79.7. The molecule has 0 aromatic heterocycles. The average Bonchev–Trinajstić information content (AvgIpc) is 4.04. The van der Waals surface area contributed by atoms with Crippen molar-refractivity contribution in [1.29, 1.82) is 0 Å². The van der Waals surface area contributed by atoms with Crippen LogP contribution in [0.1, 0.15) is 233 Å². The first-order chi connectivity index (χ1) is 40.3. The molecule has 0 unspecified atom stereocenters. The van der Waals surface area contributed by atoms with Crippen LogP contribution in [-0.4, -0.2) is 0 Å². The summed E-state index contributed by atoms with van der Waals surface area (Å²) >= 11 is 0. The fourth-order valence-electron chi connectivity index (χ4n) is 5.84. The van der Waals surface area contributed by atoms with Crippen LogP contribution in [0.4, 0.5) is 0 Å². The summed E-state index contributed by atoms with van der Waals surface area (Å²) in [5.74, 6) is 0. The highest BCUT2D eigenvalue weighted by Crippen LogP contribution is 2.35. The lowest BCUT2D eigenvalue weighted by Gasteiger charge is -2.05. The van der Waals surface area contributed by atoms with Crippen LogP contribution in [0.15, 0.2) is 231 Å². The van der Waals surface area contributed by atoms with Crippen molar-refractivity contribution in [3.8, 4) is 44.5 Å². The summed E-state index contributed by atoms with van der Waals surface area (Å²) in [5.41, 5.74) is 15.3. The summed E-state index contributed by atoms with van der Waals surface area (Å²) in [6.07, 6.45) is 1.10. The predicted octanol–water partition coefficient (Wildman–Crippen LogP) is 29.7. The highest BCUT2D eigenvalue weighted by Gasteiger charge is 2.16. The van der Waals surface area contributed by atoms with E-state index in [9.17, 15) is 0 Å². The quantitative estimate of drug-likeness (QED) is 0.165. The lowest BCUT2D eigenvalue weighted by molar-refractivity contribution is 0.469. The molecule has 0 heterocycles. The lowest BCUT2D eigenvalue weighted by atomic mass is 10.0. The van der Waals surface area contributed by atoms with Crippen LogP contribution >= 0.6 is 0 Å². The second kappa shape index (κ2) is 60.9. The third-order valence-corrected chi connectivity index (χ3v) is 8.35. The van der Waals surface area contributed by atoms with Gasteiger partial charge in [-0.25, -0.2) is 0 Å². The van der Waals surface area contributed by atoms with Gasteiger partial charge in [-0.2, -0.15) is 0 Å². The highest BCUT2D eigenvalue weighted by atomic mass is 14.2. The van der Waals surface area contributed by atoms with Gasteiger partial charge in [0.2, 0.25) is 0 Å². The zero-order valence-corrected chi connectivity index (χ0v) is 61.6. The predicted molar refractivity (Wildman–Crippen MR) is 402 cm³/mol. The van der Waals surface area contributed by atoms with Gasteiger partial charge in [0.05, 0.1) is 0 Å². The Bertz CT molecular complexity index is 2230. The molecule has 0 saturated carbocycles. The van der Waals surface area contributed by atoms with Gasteiger partial charge in [-0.3, -0.25) is 0 Å². The van der Waals surface area contributed by atoms with Crippen LogP contribution in [0.25, 0.3) is 44.5 Å². The average molecular weight is 1160 g/mol. The van der Waals surface area contributed by atoms with E-state index >= 15 is 0 Å². The molecule has 0 spiro atoms. The maximum atomic E-state index is 2.22. The zero-order valence-electron chi connectivity index (χ0n) is 61.6. The van der Waals surface area contributed by atoms with Crippen LogP contribution < -0.4 is 0 Å². The molecule has 1 aliphatic rings. The van der Waals surface area contributed by atoms with Crippen molar-refractivity contribution in [1.82, 2.24) is 0 Å². The van der Waals surface area contributed by atoms with Crippen molar-refractivity contribution in [3.05, 3.63) is 242 Å². The van der Waals surface area contributed by atoms with E-state index in [4.69, 9.17) is 0 Å². The Morgan fingerprint density at radius 3 is 0.447 bits per heavy atom. The Balaban J connectivity index is -0.000000165. The first-order valence-electron chi connectivity index (χ1n) is 32.8. The molecule has 8 aromatic carbocycles. The van der Waals surface area contributed by atoms with Crippen molar-refractivity contribution >= 4 is 0 Å². The van der Waals surface area contributed by atoms with Crippen LogP contribution in [0.2, 0.25) is 0 Å². The summed E-state index contributed by atoms with van der Waals surface area (Å²) in [4.78, 5) is 0. The molecule has 0 aliphatic heterocycles. The molecule has 0 heteroatoms. The number of hydrogen-bond donors (Lipinski definition) is 0. The maximum absolute atomic E-state index is 2.22. The topological polar surface area (TPSA) is 0 Å². The first-order valence-corrected chi connectivity index (χ1v) is 32.8. The Kier molecular flexibility index (Phi) is 66.2. The van der Waals surface area contributed by atoms with Crippen molar-refractivity contribution in [2.75, 3.05) is 0 Å². The molecule has 0 N–H and O–H groups in total. The minimum absolute atomic E-state index is 0.500. The minimum atomic E-state index is 0.500. The number of benzene rings is 8. The van der Waals surface area contributed by atoms with Crippen molar-refractivity contribution in [2.24, 2.45) is 21.7 Å². The third kappa shape index (κ3) is 63.6. The molecule has 0 saturated heterocycles. The molecular formula is C85H136. The molecule has 85 heavy (non-hydrogen) atoms. The second-order valence-corrected chi connectivity index (χ2v) is 23.7. The Morgan fingerprint density at radius 1 is 0.165 bits per heavy atom. The maximum Gasteiger partial charge on any atom is -0.00135 e. The van der Waals surface area contributed by atoms with Gasteiger partial charge in [-0.15, -0.1) is 0 Å². The number of fused-ring (bicyclic) bond motifs is 3. The van der Waals surface area contributed by atoms with Gasteiger partial charge in [-0.05, 0) is 83.7 Å². The van der Waals surface area contributed by atoms with Gasteiger partial charge in [0.15, 0.2) is 0 Å². The third-order valence-electron chi connectivity index (χ3n) is 8.35. The van der Waals surface area contributed by atoms with Gasteiger partial charge >= 0.3 is 0 Å². The van der Waals surface area contributed by atoms with E-state index in [2.05, 4.69) is 281 Å². The molecule has 0 nitrogen and oxygen atoms in total. The highest BCUT2D eigenvalue weighted by molar-refractivity contribution is 5.76. The van der Waals surface area contributed by atoms with E-state index in [1.54, 1.807) is 0 Å². The van der Waals surface area contributed by atoms with E-state index in [0.717, 1.165) is 6.42 Å². The Hall–Kier alpha value is -6.24. The summed E-state index contributed by atoms with van der Waals surface area (Å²) in [5, 5.41) is 0. The molecule has 9 rings (SSSR count). The fourth-order valence-corrected chi connectivity index (χ4v) is 5.84. The molecule has 0 radical (unpaired) electrons. The largest absolute Gasteiger partial charge is 0.0683 e. The van der Waals surface area contributed by atoms with Gasteiger partial charge < -0.3 is 0 Å². The van der Waals surface area contributed by atoms with E-state index in [1.165, 1.54) is 55.6 Å². The molecule has 0 atom stereocenters. The molecule has 0 amide bonds. The Morgan fingerprint density at radius 2 is 0.282 bits per heavy atom.